The van der Waals surface area contributed by atoms with Gasteiger partial charge in [0.2, 0.25) is 0 Å². The van der Waals surface area contributed by atoms with E-state index < -0.39 is 0 Å². The fourth-order valence-corrected chi connectivity index (χ4v) is 1.52. The maximum absolute atomic E-state index is 11.6. The third kappa shape index (κ3) is 4.75. The van der Waals surface area contributed by atoms with Crippen LogP contribution in [0, 0.1) is 6.92 Å². The fourth-order valence-electron chi connectivity index (χ4n) is 1.52. The molecule has 0 aliphatic rings. The summed E-state index contributed by atoms with van der Waals surface area (Å²) in [5.74, 6) is 0.585. The number of carbonyl (C=O) groups excluding carboxylic acids is 1. The van der Waals surface area contributed by atoms with E-state index in [4.69, 9.17) is 10.5 Å². The summed E-state index contributed by atoms with van der Waals surface area (Å²) in [4.78, 5) is 11.6. The number of nitrogens with one attached hydrogen (secondary N) is 1. The third-order valence-corrected chi connectivity index (χ3v) is 2.36. The minimum absolute atomic E-state index is 0.0200. The van der Waals surface area contributed by atoms with Crippen LogP contribution >= 0.6 is 0 Å². The number of amides is 1. The highest BCUT2D eigenvalue weighted by atomic mass is 16.5. The molecule has 0 spiro atoms. The van der Waals surface area contributed by atoms with Crippen molar-refractivity contribution in [3.05, 3.63) is 29.3 Å². The number of aryl methyl sites for hydroxylation is 1. The average molecular weight is 250 g/mol. The number of hydrogen-bond donors (Lipinski definition) is 2. The Labute approximate surface area is 109 Å². The van der Waals surface area contributed by atoms with Crippen molar-refractivity contribution in [1.29, 1.82) is 0 Å². The largest absolute Gasteiger partial charge is 0.483 e. The van der Waals surface area contributed by atoms with Crippen LogP contribution in [-0.2, 0) is 11.3 Å². The molecule has 0 fully saturated rings. The van der Waals surface area contributed by atoms with E-state index in [0.29, 0.717) is 12.3 Å². The van der Waals surface area contributed by atoms with Crippen LogP contribution in [0.3, 0.4) is 0 Å². The van der Waals surface area contributed by atoms with Crippen molar-refractivity contribution in [3.63, 3.8) is 0 Å². The van der Waals surface area contributed by atoms with Gasteiger partial charge in [0, 0.05) is 12.1 Å². The van der Waals surface area contributed by atoms with Crippen molar-refractivity contribution in [2.75, 3.05) is 6.61 Å². The molecule has 1 rings (SSSR count). The van der Waals surface area contributed by atoms with Gasteiger partial charge >= 0.3 is 0 Å². The summed E-state index contributed by atoms with van der Waals surface area (Å²) in [5.41, 5.74) is 7.32. The Morgan fingerprint density at radius 1 is 1.39 bits per heavy atom. The molecule has 0 heterocycles. The quantitative estimate of drug-likeness (QED) is 0.855. The zero-order valence-electron chi connectivity index (χ0n) is 11.5. The molecular weight excluding hydrogens is 228 g/mol. The van der Waals surface area contributed by atoms with E-state index >= 15 is 0 Å². The fraction of sp³-hybridized carbons (Fsp3) is 0.500. The van der Waals surface area contributed by atoms with Crippen LogP contribution < -0.4 is 15.8 Å². The van der Waals surface area contributed by atoms with Gasteiger partial charge in [-0.25, -0.2) is 0 Å². The molecule has 3 N–H and O–H groups in total. The lowest BCUT2D eigenvalue weighted by atomic mass is 10.1. The molecule has 0 aromatic heterocycles. The Bertz CT molecular complexity index is 422. The van der Waals surface area contributed by atoms with Crippen molar-refractivity contribution < 1.29 is 9.53 Å². The lowest BCUT2D eigenvalue weighted by Crippen LogP contribution is -2.43. The Morgan fingerprint density at radius 2 is 2.06 bits per heavy atom. The van der Waals surface area contributed by atoms with Crippen LogP contribution in [0.2, 0.25) is 0 Å². The van der Waals surface area contributed by atoms with Crippen molar-refractivity contribution in [1.82, 2.24) is 5.32 Å². The van der Waals surface area contributed by atoms with E-state index in [1.54, 1.807) is 0 Å². The second kappa shape index (κ2) is 5.87. The maximum Gasteiger partial charge on any atom is 0.258 e. The zero-order chi connectivity index (χ0) is 13.8. The van der Waals surface area contributed by atoms with Crippen molar-refractivity contribution in [3.8, 4) is 5.75 Å². The van der Waals surface area contributed by atoms with Gasteiger partial charge < -0.3 is 15.8 Å². The Balaban J connectivity index is 2.60. The summed E-state index contributed by atoms with van der Waals surface area (Å²) < 4.78 is 5.52. The first-order valence-electron chi connectivity index (χ1n) is 6.05. The zero-order valence-corrected chi connectivity index (χ0v) is 11.5. The molecule has 4 heteroatoms. The number of hydrogen-bond acceptors (Lipinski definition) is 3. The van der Waals surface area contributed by atoms with Crippen molar-refractivity contribution in [2.24, 2.45) is 5.73 Å². The van der Waals surface area contributed by atoms with Gasteiger partial charge in [-0.2, -0.15) is 0 Å². The summed E-state index contributed by atoms with van der Waals surface area (Å²) in [6.45, 7) is 8.23. The Kier molecular flexibility index (Phi) is 4.73. The molecule has 100 valence electrons. The van der Waals surface area contributed by atoms with E-state index in [9.17, 15) is 4.79 Å². The first kappa shape index (κ1) is 14.5. The topological polar surface area (TPSA) is 64.3 Å². The van der Waals surface area contributed by atoms with Crippen LogP contribution in [0.4, 0.5) is 0 Å². The smallest absolute Gasteiger partial charge is 0.258 e. The summed E-state index contributed by atoms with van der Waals surface area (Å²) >= 11 is 0. The predicted octanol–water partition coefficient (Wildman–Crippen LogP) is 1.75. The van der Waals surface area contributed by atoms with Gasteiger partial charge in [-0.05, 0) is 44.9 Å². The SMILES string of the molecule is Cc1ccc(CN)cc1OCC(=O)NC(C)(C)C. The number of carbonyl (C=O) groups is 1. The molecule has 4 nitrogen and oxygen atoms in total. The first-order valence-corrected chi connectivity index (χ1v) is 6.05. The van der Waals surface area contributed by atoms with E-state index in [-0.39, 0.29) is 18.1 Å². The van der Waals surface area contributed by atoms with E-state index in [1.165, 1.54) is 0 Å². The summed E-state index contributed by atoms with van der Waals surface area (Å²) in [6, 6.07) is 5.77. The average Bonchev–Trinajstić information content (AvgIpc) is 2.25. The number of nitrogens with two attached hydrogens (primary N) is 1. The molecule has 0 radical (unpaired) electrons. The molecule has 0 aliphatic carbocycles. The second-order valence-corrected chi connectivity index (χ2v) is 5.39. The van der Waals surface area contributed by atoms with Gasteiger partial charge in [-0.1, -0.05) is 12.1 Å². The molecule has 18 heavy (non-hydrogen) atoms. The minimum atomic E-state index is -0.241. The first-order chi connectivity index (χ1) is 8.31. The molecule has 0 saturated heterocycles. The van der Waals surface area contributed by atoms with Crippen LogP contribution in [0.25, 0.3) is 0 Å². The molecule has 0 saturated carbocycles. The lowest BCUT2D eigenvalue weighted by molar-refractivity contribution is -0.124. The molecule has 1 aromatic rings. The predicted molar refractivity (Wildman–Crippen MR) is 72.5 cm³/mol. The summed E-state index contributed by atoms with van der Waals surface area (Å²) in [7, 11) is 0. The number of rotatable bonds is 4. The van der Waals surface area contributed by atoms with E-state index in [1.807, 2.05) is 45.9 Å². The second-order valence-electron chi connectivity index (χ2n) is 5.39. The molecule has 1 amide bonds. The van der Waals surface area contributed by atoms with Gasteiger partial charge in [-0.15, -0.1) is 0 Å². The van der Waals surface area contributed by atoms with Crippen molar-refractivity contribution in [2.45, 2.75) is 39.8 Å². The number of benzene rings is 1. The summed E-state index contributed by atoms with van der Waals surface area (Å²) in [6.07, 6.45) is 0. The van der Waals surface area contributed by atoms with Gasteiger partial charge in [0.05, 0.1) is 0 Å². The highest BCUT2D eigenvalue weighted by Gasteiger charge is 2.14. The molecular formula is C14H22N2O2. The Morgan fingerprint density at radius 3 is 2.61 bits per heavy atom. The van der Waals surface area contributed by atoms with Crippen LogP contribution in [0.5, 0.6) is 5.75 Å². The highest BCUT2D eigenvalue weighted by molar-refractivity contribution is 5.78. The van der Waals surface area contributed by atoms with Crippen LogP contribution in [0.1, 0.15) is 31.9 Å². The monoisotopic (exact) mass is 250 g/mol. The summed E-state index contributed by atoms with van der Waals surface area (Å²) in [5, 5.41) is 2.85. The highest BCUT2D eigenvalue weighted by Crippen LogP contribution is 2.19. The normalized spacial score (nSPS) is 11.2. The van der Waals surface area contributed by atoms with Gasteiger partial charge in [0.1, 0.15) is 5.75 Å². The van der Waals surface area contributed by atoms with Crippen LogP contribution in [-0.4, -0.2) is 18.1 Å². The number of ether oxygens (including phenoxy) is 1. The van der Waals surface area contributed by atoms with Gasteiger partial charge in [0.15, 0.2) is 6.61 Å². The molecule has 0 bridgehead atoms. The molecule has 1 aromatic carbocycles. The minimum Gasteiger partial charge on any atom is -0.483 e. The van der Waals surface area contributed by atoms with E-state index in [2.05, 4.69) is 5.32 Å². The van der Waals surface area contributed by atoms with Crippen LogP contribution in [0.15, 0.2) is 18.2 Å². The van der Waals surface area contributed by atoms with Gasteiger partial charge in [-0.3, -0.25) is 4.79 Å². The van der Waals surface area contributed by atoms with Crippen molar-refractivity contribution >= 4 is 5.91 Å². The third-order valence-electron chi connectivity index (χ3n) is 2.36. The Hall–Kier alpha value is -1.55. The standard InChI is InChI=1S/C14H22N2O2/c1-10-5-6-11(8-15)7-12(10)18-9-13(17)16-14(2,3)4/h5-7H,8-9,15H2,1-4H3,(H,16,17). The molecule has 0 unspecified atom stereocenters. The molecule has 0 atom stereocenters. The molecule has 0 aliphatic heterocycles. The maximum atomic E-state index is 11.6. The van der Waals surface area contributed by atoms with E-state index in [0.717, 1.165) is 11.1 Å². The van der Waals surface area contributed by atoms with Gasteiger partial charge in [0.25, 0.3) is 5.91 Å². The lowest BCUT2D eigenvalue weighted by Gasteiger charge is -2.20.